The van der Waals surface area contributed by atoms with Crippen molar-refractivity contribution in [3.8, 4) is 0 Å². The van der Waals surface area contributed by atoms with Gasteiger partial charge in [-0.25, -0.2) is 4.98 Å². The molecule has 1 aliphatic carbocycles. The highest BCUT2D eigenvalue weighted by atomic mass is 16.1. The quantitative estimate of drug-likeness (QED) is 0.894. The number of amides is 1. The predicted molar refractivity (Wildman–Crippen MR) is 86.1 cm³/mol. The smallest absolute Gasteiger partial charge is 0.251 e. The second-order valence-electron chi connectivity index (χ2n) is 6.50. The molecule has 4 nitrogen and oxygen atoms in total. The molecule has 0 saturated heterocycles. The van der Waals surface area contributed by atoms with Crippen molar-refractivity contribution < 1.29 is 4.79 Å². The van der Waals surface area contributed by atoms with Gasteiger partial charge >= 0.3 is 0 Å². The van der Waals surface area contributed by atoms with Gasteiger partial charge in [-0.15, -0.1) is 0 Å². The number of nitrogens with one attached hydrogen (secondary N) is 1. The molecule has 1 aromatic rings. The fourth-order valence-corrected chi connectivity index (χ4v) is 3.26. The predicted octanol–water partition coefficient (Wildman–Crippen LogP) is 3.17. The van der Waals surface area contributed by atoms with Gasteiger partial charge in [-0.3, -0.25) is 4.79 Å². The minimum atomic E-state index is -0.0205. The molecule has 0 aliphatic heterocycles. The Bertz CT molecular complexity index is 501. The Hall–Kier alpha value is -1.58. The van der Waals surface area contributed by atoms with E-state index in [1.807, 2.05) is 6.07 Å². The number of nitrogens with zero attached hydrogens (tertiary/aromatic N) is 1. The van der Waals surface area contributed by atoms with Gasteiger partial charge in [-0.05, 0) is 49.7 Å². The van der Waals surface area contributed by atoms with Gasteiger partial charge in [-0.2, -0.15) is 0 Å². The molecule has 0 radical (unpaired) electrons. The van der Waals surface area contributed by atoms with Crippen LogP contribution in [0.2, 0.25) is 0 Å². The Morgan fingerprint density at radius 2 is 2.14 bits per heavy atom. The summed E-state index contributed by atoms with van der Waals surface area (Å²) in [6, 6.07) is 3.81. The molecule has 21 heavy (non-hydrogen) atoms. The molecule has 3 N–H and O–H groups in total. The van der Waals surface area contributed by atoms with Crippen LogP contribution in [0.5, 0.6) is 0 Å². The van der Waals surface area contributed by atoms with E-state index in [0.29, 0.717) is 17.3 Å². The standard InChI is InChI=1S/C17H27N3O/c1-4-5-14-9-13(10-16(18)19-14)17(21)20-15-7-6-11(2)8-12(15)3/h9-12,15H,4-8H2,1-3H3,(H2,18,19)(H,20,21). The van der Waals surface area contributed by atoms with Crippen molar-refractivity contribution in [1.29, 1.82) is 0 Å². The first-order valence-electron chi connectivity index (χ1n) is 8.07. The number of anilines is 1. The zero-order valence-electron chi connectivity index (χ0n) is 13.4. The number of nitrogen functional groups attached to an aromatic ring is 1. The summed E-state index contributed by atoms with van der Waals surface area (Å²) in [4.78, 5) is 16.7. The second kappa shape index (κ2) is 6.92. The summed E-state index contributed by atoms with van der Waals surface area (Å²) in [6.07, 6.45) is 5.29. The van der Waals surface area contributed by atoms with Crippen molar-refractivity contribution in [3.63, 3.8) is 0 Å². The Labute approximate surface area is 127 Å². The SMILES string of the molecule is CCCc1cc(C(=O)NC2CCC(C)CC2C)cc(N)n1. The zero-order chi connectivity index (χ0) is 15.4. The highest BCUT2D eigenvalue weighted by molar-refractivity contribution is 5.95. The fraction of sp³-hybridized carbons (Fsp3) is 0.647. The highest BCUT2D eigenvalue weighted by Crippen LogP contribution is 2.28. The number of hydrogen-bond acceptors (Lipinski definition) is 3. The zero-order valence-corrected chi connectivity index (χ0v) is 13.4. The average Bonchev–Trinajstić information content (AvgIpc) is 2.41. The number of aromatic nitrogens is 1. The van der Waals surface area contributed by atoms with Gasteiger partial charge in [0.2, 0.25) is 0 Å². The lowest BCUT2D eigenvalue weighted by Crippen LogP contribution is -2.42. The van der Waals surface area contributed by atoms with Gasteiger partial charge in [0, 0.05) is 17.3 Å². The van der Waals surface area contributed by atoms with Crippen LogP contribution < -0.4 is 11.1 Å². The molecule has 1 aliphatic rings. The van der Waals surface area contributed by atoms with E-state index in [1.54, 1.807) is 6.07 Å². The summed E-state index contributed by atoms with van der Waals surface area (Å²) in [5, 5.41) is 3.18. The number of nitrogens with two attached hydrogens (primary N) is 1. The number of carbonyl (C=O) groups excluding carboxylic acids is 1. The fourth-order valence-electron chi connectivity index (χ4n) is 3.26. The van der Waals surface area contributed by atoms with Crippen molar-refractivity contribution in [1.82, 2.24) is 10.3 Å². The summed E-state index contributed by atoms with van der Waals surface area (Å²) in [7, 11) is 0. The lowest BCUT2D eigenvalue weighted by atomic mass is 9.80. The lowest BCUT2D eigenvalue weighted by molar-refractivity contribution is 0.0899. The average molecular weight is 289 g/mol. The van der Waals surface area contributed by atoms with Crippen LogP contribution in [0.3, 0.4) is 0 Å². The summed E-state index contributed by atoms with van der Waals surface area (Å²) >= 11 is 0. The van der Waals surface area contributed by atoms with Crippen molar-refractivity contribution in [2.45, 2.75) is 58.9 Å². The van der Waals surface area contributed by atoms with Gasteiger partial charge < -0.3 is 11.1 Å². The van der Waals surface area contributed by atoms with Crippen molar-refractivity contribution in [2.24, 2.45) is 11.8 Å². The van der Waals surface area contributed by atoms with E-state index in [9.17, 15) is 4.79 Å². The van der Waals surface area contributed by atoms with Crippen LogP contribution in [-0.4, -0.2) is 16.9 Å². The molecule has 2 rings (SSSR count). The van der Waals surface area contributed by atoms with Crippen molar-refractivity contribution in [3.05, 3.63) is 23.4 Å². The number of pyridine rings is 1. The molecular formula is C17H27N3O. The van der Waals surface area contributed by atoms with Crippen LogP contribution in [0.15, 0.2) is 12.1 Å². The molecule has 3 atom stereocenters. The number of hydrogen-bond donors (Lipinski definition) is 2. The lowest BCUT2D eigenvalue weighted by Gasteiger charge is -2.33. The van der Waals surface area contributed by atoms with E-state index >= 15 is 0 Å². The largest absolute Gasteiger partial charge is 0.384 e. The molecule has 1 heterocycles. The summed E-state index contributed by atoms with van der Waals surface area (Å²) in [5.74, 6) is 1.71. The molecule has 1 amide bonds. The molecule has 0 spiro atoms. The van der Waals surface area contributed by atoms with Crippen LogP contribution in [0.4, 0.5) is 5.82 Å². The summed E-state index contributed by atoms with van der Waals surface area (Å²) in [5.41, 5.74) is 7.35. The molecule has 1 saturated carbocycles. The second-order valence-corrected chi connectivity index (χ2v) is 6.50. The first kappa shape index (κ1) is 15.8. The van der Waals surface area contributed by atoms with Gasteiger partial charge in [0.1, 0.15) is 5.82 Å². The van der Waals surface area contributed by atoms with Crippen LogP contribution >= 0.6 is 0 Å². The van der Waals surface area contributed by atoms with Crippen LogP contribution in [0, 0.1) is 11.8 Å². The molecule has 4 heteroatoms. The maximum absolute atomic E-state index is 12.5. The van der Waals surface area contributed by atoms with Gasteiger partial charge in [0.05, 0.1) is 0 Å². The third kappa shape index (κ3) is 4.19. The van der Waals surface area contributed by atoms with Crippen molar-refractivity contribution >= 4 is 11.7 Å². The van der Waals surface area contributed by atoms with Crippen LogP contribution in [0.1, 0.15) is 62.5 Å². The summed E-state index contributed by atoms with van der Waals surface area (Å²) in [6.45, 7) is 6.61. The third-order valence-electron chi connectivity index (χ3n) is 4.41. The molecule has 1 fully saturated rings. The Morgan fingerprint density at radius 1 is 1.38 bits per heavy atom. The minimum absolute atomic E-state index is 0.0205. The van der Waals surface area contributed by atoms with Crippen LogP contribution in [-0.2, 0) is 6.42 Å². The number of rotatable bonds is 4. The van der Waals surface area contributed by atoms with Crippen LogP contribution in [0.25, 0.3) is 0 Å². The Kier molecular flexibility index (Phi) is 5.21. The maximum atomic E-state index is 12.5. The maximum Gasteiger partial charge on any atom is 0.251 e. The number of aryl methyl sites for hydroxylation is 1. The molecule has 0 bridgehead atoms. The molecular weight excluding hydrogens is 262 g/mol. The minimum Gasteiger partial charge on any atom is -0.384 e. The molecule has 3 unspecified atom stereocenters. The van der Waals surface area contributed by atoms with E-state index in [2.05, 4.69) is 31.1 Å². The van der Waals surface area contributed by atoms with E-state index < -0.39 is 0 Å². The van der Waals surface area contributed by atoms with E-state index in [0.717, 1.165) is 30.9 Å². The van der Waals surface area contributed by atoms with Gasteiger partial charge in [-0.1, -0.05) is 27.2 Å². The normalized spacial score (nSPS) is 25.6. The van der Waals surface area contributed by atoms with E-state index in [-0.39, 0.29) is 11.9 Å². The molecule has 1 aromatic heterocycles. The highest BCUT2D eigenvalue weighted by Gasteiger charge is 2.26. The number of carbonyl (C=O) groups is 1. The third-order valence-corrected chi connectivity index (χ3v) is 4.41. The summed E-state index contributed by atoms with van der Waals surface area (Å²) < 4.78 is 0. The van der Waals surface area contributed by atoms with Gasteiger partial charge in [0.25, 0.3) is 5.91 Å². The monoisotopic (exact) mass is 289 g/mol. The molecule has 0 aromatic carbocycles. The van der Waals surface area contributed by atoms with E-state index in [1.165, 1.54) is 12.8 Å². The first-order valence-corrected chi connectivity index (χ1v) is 8.07. The topological polar surface area (TPSA) is 68.0 Å². The van der Waals surface area contributed by atoms with Gasteiger partial charge in [0.15, 0.2) is 0 Å². The first-order chi connectivity index (χ1) is 9.99. The Balaban J connectivity index is 2.06. The van der Waals surface area contributed by atoms with Crippen molar-refractivity contribution in [2.75, 3.05) is 5.73 Å². The molecule has 116 valence electrons. The van der Waals surface area contributed by atoms with E-state index in [4.69, 9.17) is 5.73 Å². The Morgan fingerprint density at radius 3 is 2.81 bits per heavy atom.